The predicted molar refractivity (Wildman–Crippen MR) is 77.1 cm³/mol. The number of fused-ring (bicyclic) bond motifs is 1. The molecular formula is C15H16F3N3O2. The zero-order chi connectivity index (χ0) is 16.6. The van der Waals surface area contributed by atoms with Gasteiger partial charge >= 0.3 is 12.3 Å². The molecule has 0 atom stereocenters. The molecule has 3 rings (SSSR count). The number of amides is 1. The van der Waals surface area contributed by atoms with Gasteiger partial charge < -0.3 is 9.64 Å². The molecule has 0 unspecified atom stereocenters. The van der Waals surface area contributed by atoms with Crippen molar-refractivity contribution in [3.8, 4) is 5.88 Å². The number of likely N-dealkylation sites (tertiary alicyclic amines) is 1. The number of aromatic amines is 1. The van der Waals surface area contributed by atoms with E-state index in [9.17, 15) is 18.0 Å². The van der Waals surface area contributed by atoms with Gasteiger partial charge in [-0.3, -0.25) is 5.10 Å². The Kier molecular flexibility index (Phi) is 3.91. The normalized spacial score (nSPS) is 16.8. The Morgan fingerprint density at radius 3 is 2.70 bits per heavy atom. The average molecular weight is 327 g/mol. The van der Waals surface area contributed by atoms with Crippen molar-refractivity contribution in [1.82, 2.24) is 15.1 Å². The summed E-state index contributed by atoms with van der Waals surface area (Å²) in [4.78, 5) is 13.7. The number of piperidine rings is 1. The van der Waals surface area contributed by atoms with Crippen LogP contribution in [0.4, 0.5) is 18.0 Å². The van der Waals surface area contributed by atoms with Gasteiger partial charge in [0.1, 0.15) is 0 Å². The van der Waals surface area contributed by atoms with Crippen molar-refractivity contribution >= 4 is 17.0 Å². The van der Waals surface area contributed by atoms with Gasteiger partial charge in [-0.05, 0) is 37.0 Å². The van der Waals surface area contributed by atoms with E-state index in [1.54, 1.807) is 4.90 Å². The maximum absolute atomic E-state index is 12.7. The van der Waals surface area contributed by atoms with Crippen LogP contribution in [0.2, 0.25) is 0 Å². The summed E-state index contributed by atoms with van der Waals surface area (Å²) in [6.45, 7) is 3.35. The van der Waals surface area contributed by atoms with Gasteiger partial charge in [-0.1, -0.05) is 6.92 Å². The number of aromatic nitrogens is 2. The van der Waals surface area contributed by atoms with E-state index in [0.29, 0.717) is 24.4 Å². The number of hydrogen-bond donors (Lipinski definition) is 1. The second-order valence-corrected chi connectivity index (χ2v) is 5.82. The number of benzene rings is 1. The number of rotatable bonds is 1. The minimum Gasteiger partial charge on any atom is -0.389 e. The van der Waals surface area contributed by atoms with E-state index in [-0.39, 0.29) is 11.4 Å². The second kappa shape index (κ2) is 5.75. The first-order valence-electron chi connectivity index (χ1n) is 7.36. The Balaban J connectivity index is 1.77. The molecule has 5 nitrogen and oxygen atoms in total. The van der Waals surface area contributed by atoms with Gasteiger partial charge in [0.2, 0.25) is 0 Å². The third-order valence-electron chi connectivity index (χ3n) is 4.08. The summed E-state index contributed by atoms with van der Waals surface area (Å²) >= 11 is 0. The van der Waals surface area contributed by atoms with Crippen LogP contribution < -0.4 is 4.74 Å². The van der Waals surface area contributed by atoms with Crippen LogP contribution in [0.1, 0.15) is 25.3 Å². The van der Waals surface area contributed by atoms with Crippen LogP contribution in [-0.2, 0) is 6.18 Å². The third kappa shape index (κ3) is 3.25. The molecule has 0 saturated carbocycles. The molecule has 1 N–H and O–H groups in total. The minimum absolute atomic E-state index is 0.00246. The number of nitrogens with zero attached hydrogens (tertiary/aromatic N) is 2. The summed E-state index contributed by atoms with van der Waals surface area (Å²) in [6.07, 6.45) is -3.14. The molecule has 1 aliphatic rings. The van der Waals surface area contributed by atoms with Crippen LogP contribution >= 0.6 is 0 Å². The third-order valence-corrected chi connectivity index (χ3v) is 4.08. The Bertz CT molecular complexity index is 718. The van der Waals surface area contributed by atoms with Gasteiger partial charge in [0.15, 0.2) is 0 Å². The molecule has 1 saturated heterocycles. The Hall–Kier alpha value is -2.25. The van der Waals surface area contributed by atoms with Crippen LogP contribution in [-0.4, -0.2) is 34.3 Å². The largest absolute Gasteiger partial charge is 0.416 e. The van der Waals surface area contributed by atoms with E-state index in [1.807, 2.05) is 0 Å². The van der Waals surface area contributed by atoms with Crippen LogP contribution in [0.5, 0.6) is 5.88 Å². The molecule has 0 aliphatic carbocycles. The van der Waals surface area contributed by atoms with Gasteiger partial charge in [-0.25, -0.2) is 4.79 Å². The standard InChI is InChI=1S/C15H16F3N3O2/c1-9-4-6-21(7-5-9)14(22)23-13-11-3-2-10(15(16,17)18)8-12(11)19-20-13/h2-3,8-9H,4-7H2,1H3,(H,19,20). The summed E-state index contributed by atoms with van der Waals surface area (Å²) in [5.74, 6) is 0.573. The molecule has 0 radical (unpaired) electrons. The van der Waals surface area contributed by atoms with Crippen molar-refractivity contribution in [2.75, 3.05) is 13.1 Å². The van der Waals surface area contributed by atoms with Crippen LogP contribution in [0, 0.1) is 5.92 Å². The van der Waals surface area contributed by atoms with Crippen molar-refractivity contribution in [1.29, 1.82) is 0 Å². The monoisotopic (exact) mass is 327 g/mol. The molecule has 1 amide bonds. The van der Waals surface area contributed by atoms with Gasteiger partial charge in [-0.15, -0.1) is 5.10 Å². The number of nitrogens with one attached hydrogen (secondary N) is 1. The number of H-pyrrole nitrogens is 1. The predicted octanol–water partition coefficient (Wildman–Crippen LogP) is 3.81. The first-order chi connectivity index (χ1) is 10.8. The molecule has 124 valence electrons. The summed E-state index contributed by atoms with van der Waals surface area (Å²) in [5.41, 5.74) is -0.605. The first kappa shape index (κ1) is 15.6. The Morgan fingerprint density at radius 1 is 1.35 bits per heavy atom. The second-order valence-electron chi connectivity index (χ2n) is 5.82. The van der Waals surface area contributed by atoms with Gasteiger partial charge in [0.25, 0.3) is 5.88 Å². The lowest BCUT2D eigenvalue weighted by Crippen LogP contribution is -2.39. The smallest absolute Gasteiger partial charge is 0.389 e. The van der Waals surface area contributed by atoms with E-state index in [0.717, 1.165) is 25.0 Å². The van der Waals surface area contributed by atoms with Crippen molar-refractivity contribution in [3.63, 3.8) is 0 Å². The highest BCUT2D eigenvalue weighted by Crippen LogP contribution is 2.33. The molecule has 1 fully saturated rings. The number of carbonyl (C=O) groups is 1. The minimum atomic E-state index is -4.43. The van der Waals surface area contributed by atoms with Crippen molar-refractivity contribution in [3.05, 3.63) is 23.8 Å². The fourth-order valence-corrected chi connectivity index (χ4v) is 2.59. The molecule has 0 spiro atoms. The highest BCUT2D eigenvalue weighted by atomic mass is 19.4. The van der Waals surface area contributed by atoms with Crippen LogP contribution in [0.15, 0.2) is 18.2 Å². The van der Waals surface area contributed by atoms with Gasteiger partial charge in [-0.2, -0.15) is 13.2 Å². The first-order valence-corrected chi connectivity index (χ1v) is 7.36. The fraction of sp³-hybridized carbons (Fsp3) is 0.467. The molecule has 1 aliphatic heterocycles. The lowest BCUT2D eigenvalue weighted by atomic mass is 10.00. The van der Waals surface area contributed by atoms with Gasteiger partial charge in [0, 0.05) is 13.1 Å². The Labute approximate surface area is 130 Å². The van der Waals surface area contributed by atoms with Crippen LogP contribution in [0.3, 0.4) is 0 Å². The Morgan fingerprint density at radius 2 is 2.04 bits per heavy atom. The molecule has 2 aromatic rings. The van der Waals surface area contributed by atoms with Crippen molar-refractivity contribution < 1.29 is 22.7 Å². The number of carbonyl (C=O) groups excluding carboxylic acids is 1. The van der Waals surface area contributed by atoms with Crippen LogP contribution in [0.25, 0.3) is 10.9 Å². The average Bonchev–Trinajstić information content (AvgIpc) is 2.89. The van der Waals surface area contributed by atoms with Crippen molar-refractivity contribution in [2.45, 2.75) is 25.9 Å². The molecule has 1 aromatic heterocycles. The summed E-state index contributed by atoms with van der Waals surface area (Å²) < 4.78 is 43.3. The number of hydrogen-bond acceptors (Lipinski definition) is 3. The zero-order valence-corrected chi connectivity index (χ0v) is 12.5. The van der Waals surface area contributed by atoms with E-state index < -0.39 is 17.8 Å². The molecule has 2 heterocycles. The molecular weight excluding hydrogens is 311 g/mol. The van der Waals surface area contributed by atoms with E-state index in [1.165, 1.54) is 6.07 Å². The molecule has 8 heteroatoms. The maximum atomic E-state index is 12.7. The SMILES string of the molecule is CC1CCN(C(=O)Oc2n[nH]c3cc(C(F)(F)F)ccc23)CC1. The highest BCUT2D eigenvalue weighted by Gasteiger charge is 2.31. The quantitative estimate of drug-likeness (QED) is 0.866. The molecule has 1 aromatic carbocycles. The summed E-state index contributed by atoms with van der Waals surface area (Å²) in [6, 6.07) is 3.14. The highest BCUT2D eigenvalue weighted by molar-refractivity contribution is 5.87. The fourth-order valence-electron chi connectivity index (χ4n) is 2.59. The number of halogens is 3. The zero-order valence-electron chi connectivity index (χ0n) is 12.5. The summed E-state index contributed by atoms with van der Waals surface area (Å²) in [5, 5.41) is 6.62. The number of alkyl halides is 3. The summed E-state index contributed by atoms with van der Waals surface area (Å²) in [7, 11) is 0. The molecule has 0 bridgehead atoms. The maximum Gasteiger partial charge on any atom is 0.416 e. The molecule has 23 heavy (non-hydrogen) atoms. The van der Waals surface area contributed by atoms with Gasteiger partial charge in [0.05, 0.1) is 16.5 Å². The lowest BCUT2D eigenvalue weighted by molar-refractivity contribution is -0.137. The number of ether oxygens (including phenoxy) is 1. The topological polar surface area (TPSA) is 58.2 Å². The van der Waals surface area contributed by atoms with E-state index in [4.69, 9.17) is 4.74 Å². The lowest BCUT2D eigenvalue weighted by Gasteiger charge is -2.29. The van der Waals surface area contributed by atoms with E-state index in [2.05, 4.69) is 17.1 Å². The van der Waals surface area contributed by atoms with Crippen molar-refractivity contribution in [2.24, 2.45) is 5.92 Å². The van der Waals surface area contributed by atoms with E-state index >= 15 is 0 Å².